The van der Waals surface area contributed by atoms with Gasteiger partial charge in [-0.1, -0.05) is 0 Å². The van der Waals surface area contributed by atoms with Crippen LogP contribution in [-0.4, -0.2) is 71.0 Å². The van der Waals surface area contributed by atoms with Gasteiger partial charge in [-0.15, -0.1) is 10.2 Å². The third-order valence-electron chi connectivity index (χ3n) is 4.28. The zero-order valence-corrected chi connectivity index (χ0v) is 14.1. The fourth-order valence-corrected chi connectivity index (χ4v) is 2.81. The maximum atomic E-state index is 11.1. The molecule has 26 heavy (non-hydrogen) atoms. The number of phenolic OH excluding ortho intramolecular Hbond substituents is 1. The Labute approximate surface area is 149 Å². The van der Waals surface area contributed by atoms with Crippen molar-refractivity contribution in [3.8, 4) is 22.8 Å². The molecular formula is C17H18N4O5. The second-order valence-electron chi connectivity index (χ2n) is 5.76. The quantitative estimate of drug-likeness (QED) is 0.789. The van der Waals surface area contributed by atoms with E-state index in [0.717, 1.165) is 0 Å². The van der Waals surface area contributed by atoms with Crippen LogP contribution in [0.1, 0.15) is 10.4 Å². The molecule has 2 N–H and O–H groups in total. The van der Waals surface area contributed by atoms with Crippen molar-refractivity contribution in [3.63, 3.8) is 0 Å². The van der Waals surface area contributed by atoms with Crippen LogP contribution < -0.4 is 9.64 Å². The number of anilines is 1. The lowest BCUT2D eigenvalue weighted by atomic mass is 10.1. The highest BCUT2D eigenvalue weighted by Crippen LogP contribution is 2.34. The molecule has 1 fully saturated rings. The highest BCUT2D eigenvalue weighted by atomic mass is 16.5. The van der Waals surface area contributed by atoms with Gasteiger partial charge in [-0.3, -0.25) is 4.79 Å². The van der Waals surface area contributed by atoms with E-state index >= 15 is 0 Å². The molecule has 1 amide bonds. The molecule has 136 valence electrons. The van der Waals surface area contributed by atoms with Gasteiger partial charge in [0.1, 0.15) is 11.5 Å². The summed E-state index contributed by atoms with van der Waals surface area (Å²) in [5.41, 5.74) is 1.18. The molecule has 1 aliphatic heterocycles. The molecule has 0 bridgehead atoms. The number of hydrogen-bond donors (Lipinski definition) is 2. The van der Waals surface area contributed by atoms with Crippen molar-refractivity contribution in [2.75, 3.05) is 38.2 Å². The fourth-order valence-electron chi connectivity index (χ4n) is 2.81. The van der Waals surface area contributed by atoms with Crippen molar-refractivity contribution in [2.24, 2.45) is 0 Å². The smallest absolute Gasteiger partial charge is 0.407 e. The predicted octanol–water partition coefficient (Wildman–Crippen LogP) is 1.47. The molecule has 1 aromatic heterocycles. The minimum Gasteiger partial charge on any atom is -0.507 e. The number of aromatic hydroxyl groups is 1. The molecule has 1 aromatic carbocycles. The molecule has 0 radical (unpaired) electrons. The molecule has 2 aromatic rings. The minimum absolute atomic E-state index is 0.136. The molecule has 1 aliphatic rings. The van der Waals surface area contributed by atoms with Gasteiger partial charge in [0, 0.05) is 37.8 Å². The van der Waals surface area contributed by atoms with Crippen LogP contribution in [-0.2, 0) is 0 Å². The fraction of sp³-hybridized carbons (Fsp3) is 0.294. The Hall–Kier alpha value is -3.36. The first kappa shape index (κ1) is 17.5. The Morgan fingerprint density at radius 1 is 1.19 bits per heavy atom. The van der Waals surface area contributed by atoms with Gasteiger partial charge in [-0.05, 0) is 18.2 Å². The lowest BCUT2D eigenvalue weighted by Crippen LogP contribution is -2.48. The van der Waals surface area contributed by atoms with Crippen LogP contribution in [0.15, 0.2) is 24.3 Å². The van der Waals surface area contributed by atoms with E-state index in [-0.39, 0.29) is 11.3 Å². The normalized spacial score (nSPS) is 14.2. The zero-order chi connectivity index (χ0) is 18.7. The molecule has 1 saturated heterocycles. The third kappa shape index (κ3) is 3.37. The Bertz CT molecular complexity index is 817. The Kier molecular flexibility index (Phi) is 4.87. The van der Waals surface area contributed by atoms with E-state index in [1.807, 2.05) is 4.90 Å². The number of methoxy groups -OCH3 is 1. The third-order valence-corrected chi connectivity index (χ3v) is 4.28. The van der Waals surface area contributed by atoms with E-state index in [1.165, 1.54) is 24.1 Å². The largest absolute Gasteiger partial charge is 0.507 e. The first-order valence-corrected chi connectivity index (χ1v) is 7.96. The number of benzene rings is 1. The average Bonchev–Trinajstić information content (AvgIpc) is 2.68. The monoisotopic (exact) mass is 358 g/mol. The van der Waals surface area contributed by atoms with Crippen LogP contribution in [0.25, 0.3) is 11.3 Å². The summed E-state index contributed by atoms with van der Waals surface area (Å²) < 4.78 is 5.25. The SMILES string of the molecule is COc1cc(O)c(C=O)cc1-c1ccc(N2CCN(C(=O)O)CC2)nn1. The number of aldehydes is 1. The first-order chi connectivity index (χ1) is 12.5. The van der Waals surface area contributed by atoms with Crippen molar-refractivity contribution in [1.82, 2.24) is 15.1 Å². The highest BCUT2D eigenvalue weighted by molar-refractivity contribution is 5.84. The zero-order valence-electron chi connectivity index (χ0n) is 14.1. The number of carbonyl (C=O) groups excluding carboxylic acids is 1. The molecule has 3 rings (SSSR count). The van der Waals surface area contributed by atoms with Crippen LogP contribution in [0, 0.1) is 0 Å². The molecule has 0 saturated carbocycles. The van der Waals surface area contributed by atoms with Gasteiger partial charge < -0.3 is 24.7 Å². The molecule has 0 unspecified atom stereocenters. The number of ether oxygens (including phenoxy) is 1. The molecular weight excluding hydrogens is 340 g/mol. The van der Waals surface area contributed by atoms with E-state index in [4.69, 9.17) is 9.84 Å². The van der Waals surface area contributed by atoms with Crippen molar-refractivity contribution in [3.05, 3.63) is 29.8 Å². The average molecular weight is 358 g/mol. The molecule has 2 heterocycles. The van der Waals surface area contributed by atoms with E-state index < -0.39 is 6.09 Å². The molecule has 9 nitrogen and oxygen atoms in total. The number of amides is 1. The Morgan fingerprint density at radius 3 is 2.46 bits per heavy atom. The van der Waals surface area contributed by atoms with Crippen molar-refractivity contribution >= 4 is 18.2 Å². The van der Waals surface area contributed by atoms with Crippen LogP contribution in [0.5, 0.6) is 11.5 Å². The predicted molar refractivity (Wildman–Crippen MR) is 92.9 cm³/mol. The van der Waals surface area contributed by atoms with E-state index in [2.05, 4.69) is 10.2 Å². The van der Waals surface area contributed by atoms with E-state index in [1.54, 1.807) is 12.1 Å². The number of aromatic nitrogens is 2. The molecule has 0 spiro atoms. The van der Waals surface area contributed by atoms with Crippen LogP contribution in [0.3, 0.4) is 0 Å². The number of phenols is 1. The van der Waals surface area contributed by atoms with Crippen molar-refractivity contribution in [2.45, 2.75) is 0 Å². The summed E-state index contributed by atoms with van der Waals surface area (Å²) in [5, 5.41) is 27.2. The van der Waals surface area contributed by atoms with Gasteiger partial charge in [0.2, 0.25) is 0 Å². The van der Waals surface area contributed by atoms with Crippen LogP contribution >= 0.6 is 0 Å². The molecule has 9 heteroatoms. The lowest BCUT2D eigenvalue weighted by Gasteiger charge is -2.33. The highest BCUT2D eigenvalue weighted by Gasteiger charge is 2.21. The van der Waals surface area contributed by atoms with Gasteiger partial charge in [-0.2, -0.15) is 0 Å². The molecule has 0 aliphatic carbocycles. The molecule has 0 atom stereocenters. The number of rotatable bonds is 4. The van der Waals surface area contributed by atoms with Gasteiger partial charge in [0.05, 0.1) is 18.4 Å². The van der Waals surface area contributed by atoms with Gasteiger partial charge >= 0.3 is 6.09 Å². The number of piperazine rings is 1. The lowest BCUT2D eigenvalue weighted by molar-refractivity contribution is 0.112. The Morgan fingerprint density at radius 2 is 1.92 bits per heavy atom. The van der Waals surface area contributed by atoms with Gasteiger partial charge in [0.25, 0.3) is 0 Å². The first-order valence-electron chi connectivity index (χ1n) is 7.96. The Balaban J connectivity index is 1.82. The number of hydrogen-bond acceptors (Lipinski definition) is 7. The van der Waals surface area contributed by atoms with Crippen molar-refractivity contribution in [1.29, 1.82) is 0 Å². The maximum Gasteiger partial charge on any atom is 0.407 e. The summed E-state index contributed by atoms with van der Waals surface area (Å²) in [6.07, 6.45) is -0.362. The second-order valence-corrected chi connectivity index (χ2v) is 5.76. The maximum absolute atomic E-state index is 11.1. The van der Waals surface area contributed by atoms with E-state index in [9.17, 15) is 14.7 Å². The topological polar surface area (TPSA) is 116 Å². The summed E-state index contributed by atoms with van der Waals surface area (Å²) in [6, 6.07) is 6.39. The summed E-state index contributed by atoms with van der Waals surface area (Å²) in [7, 11) is 1.46. The summed E-state index contributed by atoms with van der Waals surface area (Å²) in [6.45, 7) is 1.90. The summed E-state index contributed by atoms with van der Waals surface area (Å²) in [5.74, 6) is 0.860. The van der Waals surface area contributed by atoms with Crippen LogP contribution in [0.4, 0.5) is 10.6 Å². The number of nitrogens with zero attached hydrogens (tertiary/aromatic N) is 4. The summed E-state index contributed by atoms with van der Waals surface area (Å²) >= 11 is 0. The minimum atomic E-state index is -0.920. The second kappa shape index (κ2) is 7.26. The standard InChI is InChI=1S/C17H18N4O5/c1-26-15-9-14(23)11(10-22)8-12(15)13-2-3-16(19-18-13)20-4-6-21(7-5-20)17(24)25/h2-3,8-10,23H,4-7H2,1H3,(H,24,25). The van der Waals surface area contributed by atoms with E-state index in [0.29, 0.717) is 55.3 Å². The number of carbonyl (C=O) groups is 2. The van der Waals surface area contributed by atoms with Crippen molar-refractivity contribution < 1.29 is 24.5 Å². The van der Waals surface area contributed by atoms with Crippen LogP contribution in [0.2, 0.25) is 0 Å². The summed E-state index contributed by atoms with van der Waals surface area (Å²) in [4.78, 5) is 25.3. The number of carboxylic acid groups (broad SMARTS) is 1. The van der Waals surface area contributed by atoms with Gasteiger partial charge in [-0.25, -0.2) is 4.79 Å². The van der Waals surface area contributed by atoms with Gasteiger partial charge in [0.15, 0.2) is 12.1 Å².